The Morgan fingerprint density at radius 3 is 2.71 bits per heavy atom. The second kappa shape index (κ2) is 6.89. The molecule has 0 saturated heterocycles. The summed E-state index contributed by atoms with van der Waals surface area (Å²) < 4.78 is 0. The van der Waals surface area contributed by atoms with Gasteiger partial charge in [0.25, 0.3) is 5.91 Å². The van der Waals surface area contributed by atoms with E-state index in [4.69, 9.17) is 0 Å². The van der Waals surface area contributed by atoms with E-state index in [9.17, 15) is 4.79 Å². The average molecular weight is 235 g/mol. The van der Waals surface area contributed by atoms with Crippen LogP contribution < -0.4 is 10.6 Å². The molecule has 0 saturated carbocycles. The zero-order chi connectivity index (χ0) is 12.7. The molecule has 0 unspecified atom stereocenters. The van der Waals surface area contributed by atoms with Crippen molar-refractivity contribution in [3.63, 3.8) is 0 Å². The summed E-state index contributed by atoms with van der Waals surface area (Å²) in [7, 11) is 1.82. The Kier molecular flexibility index (Phi) is 5.46. The molecule has 0 aliphatic rings. The van der Waals surface area contributed by atoms with Crippen molar-refractivity contribution in [3.8, 4) is 0 Å². The summed E-state index contributed by atoms with van der Waals surface area (Å²) in [5, 5.41) is 5.91. The largest absolute Gasteiger partial charge is 0.388 e. The van der Waals surface area contributed by atoms with E-state index in [0.29, 0.717) is 11.6 Å². The number of anilines is 1. The standard InChI is InChI=1S/C13H21N3O/c1-4-10(5-2)9-16-13(17)12-8-11(14-3)6-7-15-12/h6-8,10H,4-5,9H2,1-3H3,(H,14,15)(H,16,17). The van der Waals surface area contributed by atoms with E-state index in [1.807, 2.05) is 13.1 Å². The lowest BCUT2D eigenvalue weighted by Gasteiger charge is -2.13. The van der Waals surface area contributed by atoms with Crippen molar-refractivity contribution in [3.05, 3.63) is 24.0 Å². The topological polar surface area (TPSA) is 54.0 Å². The van der Waals surface area contributed by atoms with Crippen LogP contribution in [0.15, 0.2) is 18.3 Å². The van der Waals surface area contributed by atoms with Crippen LogP contribution in [0.5, 0.6) is 0 Å². The van der Waals surface area contributed by atoms with Crippen LogP contribution in [0.1, 0.15) is 37.2 Å². The van der Waals surface area contributed by atoms with Gasteiger partial charge in [0.15, 0.2) is 0 Å². The Balaban J connectivity index is 2.57. The average Bonchev–Trinajstić information content (AvgIpc) is 2.39. The fourth-order valence-electron chi connectivity index (χ4n) is 1.62. The Morgan fingerprint density at radius 2 is 2.12 bits per heavy atom. The van der Waals surface area contributed by atoms with E-state index in [1.165, 1.54) is 0 Å². The van der Waals surface area contributed by atoms with E-state index >= 15 is 0 Å². The minimum absolute atomic E-state index is 0.103. The predicted molar refractivity (Wildman–Crippen MR) is 70.2 cm³/mol. The normalized spacial score (nSPS) is 10.4. The van der Waals surface area contributed by atoms with Gasteiger partial charge in [0.2, 0.25) is 0 Å². The van der Waals surface area contributed by atoms with Gasteiger partial charge in [-0.1, -0.05) is 26.7 Å². The number of aromatic nitrogens is 1. The van der Waals surface area contributed by atoms with Gasteiger partial charge in [-0.3, -0.25) is 9.78 Å². The highest BCUT2D eigenvalue weighted by Gasteiger charge is 2.09. The van der Waals surface area contributed by atoms with Crippen molar-refractivity contribution < 1.29 is 4.79 Å². The van der Waals surface area contributed by atoms with Gasteiger partial charge in [-0.15, -0.1) is 0 Å². The number of pyridine rings is 1. The number of nitrogens with one attached hydrogen (secondary N) is 2. The Hall–Kier alpha value is -1.58. The first kappa shape index (κ1) is 13.5. The molecule has 0 fully saturated rings. The lowest BCUT2D eigenvalue weighted by atomic mass is 10.0. The highest BCUT2D eigenvalue weighted by atomic mass is 16.1. The predicted octanol–water partition coefficient (Wildman–Crippen LogP) is 2.29. The van der Waals surface area contributed by atoms with Crippen LogP contribution >= 0.6 is 0 Å². The molecule has 94 valence electrons. The summed E-state index contributed by atoms with van der Waals surface area (Å²) in [6.45, 7) is 5.00. The summed E-state index contributed by atoms with van der Waals surface area (Å²) in [6.07, 6.45) is 3.80. The minimum Gasteiger partial charge on any atom is -0.388 e. The first-order valence-electron chi connectivity index (χ1n) is 6.13. The van der Waals surface area contributed by atoms with Gasteiger partial charge in [0.1, 0.15) is 5.69 Å². The maximum absolute atomic E-state index is 11.8. The lowest BCUT2D eigenvalue weighted by Crippen LogP contribution is -2.29. The molecule has 2 N–H and O–H groups in total. The molecule has 1 aromatic heterocycles. The SMILES string of the molecule is CCC(CC)CNC(=O)c1cc(NC)ccn1. The molecule has 0 radical (unpaired) electrons. The fourth-order valence-corrected chi connectivity index (χ4v) is 1.62. The summed E-state index contributed by atoms with van der Waals surface area (Å²) in [6, 6.07) is 3.58. The number of nitrogens with zero attached hydrogens (tertiary/aromatic N) is 1. The number of carbonyl (C=O) groups excluding carboxylic acids is 1. The molecule has 4 nitrogen and oxygen atoms in total. The third-order valence-corrected chi connectivity index (χ3v) is 2.99. The van der Waals surface area contributed by atoms with E-state index < -0.39 is 0 Å². The Morgan fingerprint density at radius 1 is 1.41 bits per heavy atom. The van der Waals surface area contributed by atoms with Gasteiger partial charge in [0, 0.05) is 25.5 Å². The van der Waals surface area contributed by atoms with Gasteiger partial charge in [-0.05, 0) is 18.1 Å². The quantitative estimate of drug-likeness (QED) is 0.795. The van der Waals surface area contributed by atoms with Crippen molar-refractivity contribution in [1.29, 1.82) is 0 Å². The molecular weight excluding hydrogens is 214 g/mol. The van der Waals surface area contributed by atoms with Gasteiger partial charge in [0.05, 0.1) is 0 Å². The van der Waals surface area contributed by atoms with E-state index in [-0.39, 0.29) is 5.91 Å². The van der Waals surface area contributed by atoms with Gasteiger partial charge >= 0.3 is 0 Å². The number of hydrogen-bond acceptors (Lipinski definition) is 3. The number of rotatable bonds is 6. The van der Waals surface area contributed by atoms with Crippen molar-refractivity contribution in [2.24, 2.45) is 5.92 Å². The highest BCUT2D eigenvalue weighted by molar-refractivity contribution is 5.93. The van der Waals surface area contributed by atoms with E-state index in [2.05, 4.69) is 29.5 Å². The highest BCUT2D eigenvalue weighted by Crippen LogP contribution is 2.08. The Bertz CT molecular complexity index is 361. The molecule has 0 bridgehead atoms. The molecule has 0 spiro atoms. The summed E-state index contributed by atoms with van der Waals surface area (Å²) in [4.78, 5) is 15.9. The zero-order valence-electron chi connectivity index (χ0n) is 10.8. The molecule has 0 aliphatic heterocycles. The maximum Gasteiger partial charge on any atom is 0.269 e. The van der Waals surface area contributed by atoms with Crippen LogP contribution in [-0.2, 0) is 0 Å². The molecule has 1 aromatic rings. The number of carbonyl (C=O) groups is 1. The number of amides is 1. The van der Waals surface area contributed by atoms with Crippen molar-refractivity contribution in [1.82, 2.24) is 10.3 Å². The van der Waals surface area contributed by atoms with Gasteiger partial charge < -0.3 is 10.6 Å². The molecule has 0 aliphatic carbocycles. The second-order valence-corrected chi connectivity index (χ2v) is 4.07. The molecule has 4 heteroatoms. The van der Waals surface area contributed by atoms with Gasteiger partial charge in [-0.2, -0.15) is 0 Å². The molecule has 0 aromatic carbocycles. The third kappa shape index (κ3) is 4.06. The first-order valence-corrected chi connectivity index (χ1v) is 6.13. The monoisotopic (exact) mass is 235 g/mol. The van der Waals surface area contributed by atoms with E-state index in [0.717, 1.165) is 25.1 Å². The maximum atomic E-state index is 11.8. The molecular formula is C13H21N3O. The van der Waals surface area contributed by atoms with Crippen LogP contribution in [0.25, 0.3) is 0 Å². The van der Waals surface area contributed by atoms with E-state index in [1.54, 1.807) is 12.3 Å². The third-order valence-electron chi connectivity index (χ3n) is 2.99. The van der Waals surface area contributed by atoms with Crippen molar-refractivity contribution >= 4 is 11.6 Å². The zero-order valence-corrected chi connectivity index (χ0v) is 10.8. The lowest BCUT2D eigenvalue weighted by molar-refractivity contribution is 0.0941. The van der Waals surface area contributed by atoms with Gasteiger partial charge in [-0.25, -0.2) is 0 Å². The smallest absolute Gasteiger partial charge is 0.269 e. The van der Waals surface area contributed by atoms with Crippen LogP contribution in [-0.4, -0.2) is 24.5 Å². The van der Waals surface area contributed by atoms with Crippen LogP contribution in [0.2, 0.25) is 0 Å². The number of hydrogen-bond donors (Lipinski definition) is 2. The first-order chi connectivity index (χ1) is 8.21. The molecule has 1 heterocycles. The molecule has 17 heavy (non-hydrogen) atoms. The minimum atomic E-state index is -0.103. The molecule has 0 atom stereocenters. The van der Waals surface area contributed by atoms with Crippen LogP contribution in [0, 0.1) is 5.92 Å². The second-order valence-electron chi connectivity index (χ2n) is 4.07. The summed E-state index contributed by atoms with van der Waals surface area (Å²) in [5.74, 6) is 0.445. The van der Waals surface area contributed by atoms with Crippen LogP contribution in [0.4, 0.5) is 5.69 Å². The Labute approximate surface area is 103 Å². The molecule has 1 rings (SSSR count). The summed E-state index contributed by atoms with van der Waals surface area (Å²) >= 11 is 0. The van der Waals surface area contributed by atoms with Crippen molar-refractivity contribution in [2.45, 2.75) is 26.7 Å². The molecule has 1 amide bonds. The van der Waals surface area contributed by atoms with Crippen LogP contribution in [0.3, 0.4) is 0 Å². The van der Waals surface area contributed by atoms with Crippen molar-refractivity contribution in [2.75, 3.05) is 18.9 Å². The summed E-state index contributed by atoms with van der Waals surface area (Å²) in [5.41, 5.74) is 1.36. The fraction of sp³-hybridized carbons (Fsp3) is 0.538.